The molecule has 5 nitrogen and oxygen atoms in total. The molecule has 1 rings (SSSR count). The molecule has 1 aromatic heterocycles. The fourth-order valence-corrected chi connectivity index (χ4v) is 1.83. The van der Waals surface area contributed by atoms with Crippen molar-refractivity contribution in [2.75, 3.05) is 13.1 Å². The van der Waals surface area contributed by atoms with Gasteiger partial charge in [-0.3, -0.25) is 9.48 Å². The smallest absolute Gasteiger partial charge is 0.234 e. The van der Waals surface area contributed by atoms with Gasteiger partial charge in [0.2, 0.25) is 5.91 Å². The largest absolute Gasteiger partial charge is 0.353 e. The zero-order chi connectivity index (χ0) is 13.2. The van der Waals surface area contributed by atoms with Gasteiger partial charge in [0, 0.05) is 25.0 Å². The Morgan fingerprint density at radius 2 is 2.33 bits per heavy atom. The third-order valence-corrected chi connectivity index (χ3v) is 2.71. The summed E-state index contributed by atoms with van der Waals surface area (Å²) in [5, 5.41) is 10.2. The zero-order valence-corrected chi connectivity index (χ0v) is 11.4. The molecule has 18 heavy (non-hydrogen) atoms. The van der Waals surface area contributed by atoms with Gasteiger partial charge in [-0.15, -0.1) is 0 Å². The van der Waals surface area contributed by atoms with Gasteiger partial charge >= 0.3 is 0 Å². The summed E-state index contributed by atoms with van der Waals surface area (Å²) in [5.74, 6) is 0.0787. The molecule has 5 heteroatoms. The van der Waals surface area contributed by atoms with E-state index in [9.17, 15) is 4.79 Å². The number of amides is 1. The lowest BCUT2D eigenvalue weighted by atomic mass is 10.2. The number of aryl methyl sites for hydroxylation is 1. The van der Waals surface area contributed by atoms with Crippen molar-refractivity contribution in [1.82, 2.24) is 20.4 Å². The van der Waals surface area contributed by atoms with Gasteiger partial charge in [-0.25, -0.2) is 0 Å². The Bertz CT molecular complexity index is 324. The molecule has 0 aliphatic heterocycles. The number of rotatable bonds is 9. The van der Waals surface area contributed by atoms with Crippen LogP contribution in [0.15, 0.2) is 18.5 Å². The molecular weight excluding hydrogens is 228 g/mol. The minimum Gasteiger partial charge on any atom is -0.353 e. The maximum absolute atomic E-state index is 11.5. The summed E-state index contributed by atoms with van der Waals surface area (Å²) >= 11 is 0. The van der Waals surface area contributed by atoms with E-state index >= 15 is 0 Å². The van der Waals surface area contributed by atoms with Crippen molar-refractivity contribution in [3.05, 3.63) is 18.5 Å². The Kier molecular flexibility index (Phi) is 7.10. The summed E-state index contributed by atoms with van der Waals surface area (Å²) in [7, 11) is 0. The maximum atomic E-state index is 11.5. The molecule has 0 bridgehead atoms. The number of hydrogen-bond donors (Lipinski definition) is 2. The molecule has 102 valence electrons. The second-order valence-corrected chi connectivity index (χ2v) is 4.56. The molecule has 0 fully saturated rings. The van der Waals surface area contributed by atoms with E-state index in [1.165, 1.54) is 0 Å². The number of nitrogens with zero attached hydrogens (tertiary/aromatic N) is 2. The van der Waals surface area contributed by atoms with Crippen LogP contribution < -0.4 is 10.6 Å². The molecule has 0 aliphatic carbocycles. The highest BCUT2D eigenvalue weighted by Crippen LogP contribution is 1.93. The Morgan fingerprint density at radius 1 is 1.50 bits per heavy atom. The molecule has 1 unspecified atom stereocenters. The quantitative estimate of drug-likeness (QED) is 0.649. The Hall–Kier alpha value is -1.36. The zero-order valence-electron chi connectivity index (χ0n) is 11.4. The SMILES string of the molecule is CCCC(C)NC(=O)CNCCCn1cccn1. The van der Waals surface area contributed by atoms with Crippen LogP contribution >= 0.6 is 0 Å². The summed E-state index contributed by atoms with van der Waals surface area (Å²) in [6.45, 7) is 6.27. The molecule has 0 radical (unpaired) electrons. The first-order valence-corrected chi connectivity index (χ1v) is 6.70. The molecule has 1 amide bonds. The Balaban J connectivity index is 1.98. The van der Waals surface area contributed by atoms with E-state index in [1.807, 2.05) is 23.9 Å². The number of aromatic nitrogens is 2. The molecule has 1 aromatic rings. The van der Waals surface area contributed by atoms with Crippen molar-refractivity contribution < 1.29 is 4.79 Å². The molecule has 0 spiro atoms. The highest BCUT2D eigenvalue weighted by Gasteiger charge is 2.05. The summed E-state index contributed by atoms with van der Waals surface area (Å²) < 4.78 is 1.89. The van der Waals surface area contributed by atoms with Crippen LogP contribution in [-0.2, 0) is 11.3 Å². The second kappa shape index (κ2) is 8.69. The van der Waals surface area contributed by atoms with Crippen LogP contribution in [0.25, 0.3) is 0 Å². The van der Waals surface area contributed by atoms with Crippen LogP contribution in [0.5, 0.6) is 0 Å². The van der Waals surface area contributed by atoms with Crippen LogP contribution in [0, 0.1) is 0 Å². The van der Waals surface area contributed by atoms with E-state index < -0.39 is 0 Å². The van der Waals surface area contributed by atoms with Crippen molar-refractivity contribution in [2.45, 2.75) is 45.7 Å². The van der Waals surface area contributed by atoms with Crippen LogP contribution in [0.1, 0.15) is 33.1 Å². The van der Waals surface area contributed by atoms with Crippen LogP contribution in [-0.4, -0.2) is 34.8 Å². The minimum atomic E-state index is 0.0787. The molecule has 1 atom stereocenters. The Labute approximate surface area is 109 Å². The number of hydrogen-bond acceptors (Lipinski definition) is 3. The van der Waals surface area contributed by atoms with Crippen LogP contribution in [0.2, 0.25) is 0 Å². The van der Waals surface area contributed by atoms with E-state index in [0.717, 1.165) is 32.4 Å². The van der Waals surface area contributed by atoms with Crippen LogP contribution in [0.3, 0.4) is 0 Å². The fraction of sp³-hybridized carbons (Fsp3) is 0.692. The van der Waals surface area contributed by atoms with E-state index in [1.54, 1.807) is 6.20 Å². The van der Waals surface area contributed by atoms with Crippen molar-refractivity contribution in [2.24, 2.45) is 0 Å². The normalized spacial score (nSPS) is 12.3. The van der Waals surface area contributed by atoms with Gasteiger partial charge in [0.15, 0.2) is 0 Å². The molecular formula is C13H24N4O. The monoisotopic (exact) mass is 252 g/mol. The van der Waals surface area contributed by atoms with Gasteiger partial charge < -0.3 is 10.6 Å². The first-order valence-electron chi connectivity index (χ1n) is 6.70. The van der Waals surface area contributed by atoms with Crippen molar-refractivity contribution >= 4 is 5.91 Å². The third kappa shape index (κ3) is 6.39. The molecule has 0 saturated heterocycles. The van der Waals surface area contributed by atoms with E-state index in [4.69, 9.17) is 0 Å². The second-order valence-electron chi connectivity index (χ2n) is 4.56. The van der Waals surface area contributed by atoms with Gasteiger partial charge in [0.25, 0.3) is 0 Å². The standard InChI is InChI=1S/C13H24N4O/c1-3-6-12(2)16-13(18)11-14-7-4-9-17-10-5-8-15-17/h5,8,10,12,14H,3-4,6-7,9,11H2,1-2H3,(H,16,18). The van der Waals surface area contributed by atoms with Crippen molar-refractivity contribution in [3.8, 4) is 0 Å². The summed E-state index contributed by atoms with van der Waals surface area (Å²) in [6, 6.07) is 2.18. The first kappa shape index (κ1) is 14.7. The lowest BCUT2D eigenvalue weighted by molar-refractivity contribution is -0.120. The summed E-state index contributed by atoms with van der Waals surface area (Å²) in [5.41, 5.74) is 0. The minimum absolute atomic E-state index is 0.0787. The highest BCUT2D eigenvalue weighted by atomic mass is 16.1. The topological polar surface area (TPSA) is 59.0 Å². The predicted octanol–water partition coefficient (Wildman–Crippen LogP) is 1.17. The van der Waals surface area contributed by atoms with Gasteiger partial charge in [-0.1, -0.05) is 13.3 Å². The summed E-state index contributed by atoms with van der Waals surface area (Å²) in [4.78, 5) is 11.5. The summed E-state index contributed by atoms with van der Waals surface area (Å²) in [6.07, 6.45) is 6.82. The van der Waals surface area contributed by atoms with Gasteiger partial charge in [-0.2, -0.15) is 5.10 Å². The van der Waals surface area contributed by atoms with E-state index in [2.05, 4.69) is 22.7 Å². The van der Waals surface area contributed by atoms with Gasteiger partial charge in [0.1, 0.15) is 0 Å². The molecule has 2 N–H and O–H groups in total. The van der Waals surface area contributed by atoms with Gasteiger partial charge in [0.05, 0.1) is 6.54 Å². The molecule has 1 heterocycles. The third-order valence-electron chi connectivity index (χ3n) is 2.71. The number of carbonyl (C=O) groups is 1. The lowest BCUT2D eigenvalue weighted by Crippen LogP contribution is -2.39. The van der Waals surface area contributed by atoms with Crippen molar-refractivity contribution in [1.29, 1.82) is 0 Å². The molecule has 0 saturated carbocycles. The number of carbonyl (C=O) groups excluding carboxylic acids is 1. The van der Waals surface area contributed by atoms with E-state index in [0.29, 0.717) is 6.54 Å². The maximum Gasteiger partial charge on any atom is 0.234 e. The predicted molar refractivity (Wildman–Crippen MR) is 72.2 cm³/mol. The van der Waals surface area contributed by atoms with E-state index in [-0.39, 0.29) is 11.9 Å². The molecule has 0 aliphatic rings. The average Bonchev–Trinajstić information content (AvgIpc) is 2.81. The number of nitrogens with one attached hydrogen (secondary N) is 2. The Morgan fingerprint density at radius 3 is 3.00 bits per heavy atom. The fourth-order valence-electron chi connectivity index (χ4n) is 1.83. The average molecular weight is 252 g/mol. The lowest BCUT2D eigenvalue weighted by Gasteiger charge is -2.13. The molecule has 0 aromatic carbocycles. The van der Waals surface area contributed by atoms with Gasteiger partial charge in [-0.05, 0) is 32.4 Å². The van der Waals surface area contributed by atoms with Crippen molar-refractivity contribution in [3.63, 3.8) is 0 Å². The highest BCUT2D eigenvalue weighted by molar-refractivity contribution is 5.78. The first-order chi connectivity index (χ1) is 8.72. The van der Waals surface area contributed by atoms with Crippen LogP contribution in [0.4, 0.5) is 0 Å².